The second kappa shape index (κ2) is 7.92. The third-order valence-corrected chi connectivity index (χ3v) is 5.37. The van der Waals surface area contributed by atoms with Crippen LogP contribution >= 0.6 is 0 Å². The van der Waals surface area contributed by atoms with E-state index in [4.69, 9.17) is 0 Å². The lowest BCUT2D eigenvalue weighted by Crippen LogP contribution is -2.34. The number of nitrogens with zero attached hydrogens (tertiary/aromatic N) is 1. The second-order valence-corrected chi connectivity index (χ2v) is 7.42. The summed E-state index contributed by atoms with van der Waals surface area (Å²) in [7, 11) is 0. The number of imide groups is 1. The van der Waals surface area contributed by atoms with Gasteiger partial charge in [0.2, 0.25) is 17.7 Å². The van der Waals surface area contributed by atoms with E-state index in [1.807, 2.05) is 5.32 Å². The normalized spacial score (nSPS) is 22.3. The average molecular weight is 436 g/mol. The van der Waals surface area contributed by atoms with E-state index in [-0.39, 0.29) is 24.4 Å². The molecule has 0 aromatic heterocycles. The Kier molecular flexibility index (Phi) is 5.83. The van der Waals surface area contributed by atoms with E-state index in [2.05, 4.69) is 0 Å². The number of carbonyl (C=O) groups is 3. The number of fused-ring (bicyclic) bond motifs is 1. The quantitative estimate of drug-likeness (QED) is 0.568. The number of carbonyl (C=O) groups excluding carboxylic acids is 3. The maximum atomic E-state index is 12.9. The number of anilines is 1. The Balaban J connectivity index is 1.69. The zero-order valence-electron chi connectivity index (χ0n) is 15.6. The Morgan fingerprint density at radius 1 is 0.900 bits per heavy atom. The first-order chi connectivity index (χ1) is 13.9. The van der Waals surface area contributed by atoms with Crippen LogP contribution in [0.1, 0.15) is 43.2 Å². The van der Waals surface area contributed by atoms with Crippen molar-refractivity contribution in [3.05, 3.63) is 29.3 Å². The van der Waals surface area contributed by atoms with Gasteiger partial charge in [-0.25, -0.2) is 0 Å². The molecule has 1 heterocycles. The molecule has 164 valence electrons. The molecule has 30 heavy (non-hydrogen) atoms. The zero-order chi connectivity index (χ0) is 22.3. The molecule has 3 amide bonds. The third kappa shape index (κ3) is 4.59. The number of amides is 3. The van der Waals surface area contributed by atoms with Crippen LogP contribution in [0.3, 0.4) is 0 Å². The number of hydrogen-bond donors (Lipinski definition) is 1. The minimum Gasteiger partial charge on any atom is -0.326 e. The largest absolute Gasteiger partial charge is 0.416 e. The lowest BCUT2D eigenvalue weighted by atomic mass is 9.81. The number of alkyl halides is 6. The molecule has 0 radical (unpaired) electrons. The summed E-state index contributed by atoms with van der Waals surface area (Å²) in [6.07, 6.45) is -7.69. The maximum absolute atomic E-state index is 12.9. The van der Waals surface area contributed by atoms with Crippen molar-refractivity contribution in [1.29, 1.82) is 0 Å². The van der Waals surface area contributed by atoms with E-state index in [9.17, 15) is 40.7 Å². The van der Waals surface area contributed by atoms with Crippen molar-refractivity contribution in [2.24, 2.45) is 11.8 Å². The lowest BCUT2D eigenvalue weighted by molar-refractivity contribution is -0.144. The number of nitrogens with one attached hydrogen (secondary N) is 1. The molecule has 1 aromatic rings. The van der Waals surface area contributed by atoms with Gasteiger partial charge in [-0.05, 0) is 31.0 Å². The number of benzene rings is 1. The Morgan fingerprint density at radius 2 is 1.37 bits per heavy atom. The van der Waals surface area contributed by atoms with E-state index in [1.165, 1.54) is 0 Å². The van der Waals surface area contributed by atoms with Gasteiger partial charge in [-0.2, -0.15) is 26.3 Å². The van der Waals surface area contributed by atoms with Crippen molar-refractivity contribution in [1.82, 2.24) is 4.90 Å². The molecule has 1 aliphatic carbocycles. The summed E-state index contributed by atoms with van der Waals surface area (Å²) in [5.41, 5.74) is -3.78. The summed E-state index contributed by atoms with van der Waals surface area (Å²) in [5, 5.41) is 2.00. The number of rotatable bonds is 4. The van der Waals surface area contributed by atoms with Gasteiger partial charge < -0.3 is 5.32 Å². The van der Waals surface area contributed by atoms with Gasteiger partial charge >= 0.3 is 12.4 Å². The monoisotopic (exact) mass is 436 g/mol. The molecule has 11 heteroatoms. The molecule has 2 atom stereocenters. The summed E-state index contributed by atoms with van der Waals surface area (Å²) in [6, 6.07) is 0.751. The van der Waals surface area contributed by atoms with Crippen molar-refractivity contribution in [2.75, 3.05) is 11.9 Å². The summed E-state index contributed by atoms with van der Waals surface area (Å²) in [4.78, 5) is 37.8. The minimum absolute atomic E-state index is 0.0427. The van der Waals surface area contributed by atoms with Crippen LogP contribution in [0.4, 0.5) is 32.0 Å². The fourth-order valence-electron chi connectivity index (χ4n) is 3.92. The van der Waals surface area contributed by atoms with Crippen molar-refractivity contribution in [3.63, 3.8) is 0 Å². The van der Waals surface area contributed by atoms with Crippen molar-refractivity contribution >= 4 is 23.4 Å². The predicted molar refractivity (Wildman–Crippen MR) is 91.9 cm³/mol. The van der Waals surface area contributed by atoms with E-state index in [1.54, 1.807) is 0 Å². The Labute approximate surface area is 167 Å². The molecule has 2 fully saturated rings. The van der Waals surface area contributed by atoms with Crippen LogP contribution in [0.15, 0.2) is 18.2 Å². The van der Waals surface area contributed by atoms with Gasteiger partial charge in [-0.15, -0.1) is 0 Å². The van der Waals surface area contributed by atoms with Gasteiger partial charge in [-0.1, -0.05) is 12.8 Å². The topological polar surface area (TPSA) is 66.5 Å². The predicted octanol–water partition coefficient (Wildman–Crippen LogP) is 4.23. The van der Waals surface area contributed by atoms with E-state index >= 15 is 0 Å². The minimum atomic E-state index is -5.04. The molecule has 1 aromatic carbocycles. The molecule has 0 spiro atoms. The average Bonchev–Trinajstić information content (AvgIpc) is 2.89. The van der Waals surface area contributed by atoms with Crippen LogP contribution < -0.4 is 5.32 Å². The Bertz CT molecular complexity index is 809. The molecule has 1 saturated heterocycles. The highest BCUT2D eigenvalue weighted by atomic mass is 19.4. The highest BCUT2D eigenvalue weighted by Crippen LogP contribution is 2.39. The second-order valence-electron chi connectivity index (χ2n) is 7.42. The van der Waals surface area contributed by atoms with Crippen LogP contribution in [0.25, 0.3) is 0 Å². The van der Waals surface area contributed by atoms with E-state index in [0.717, 1.165) is 17.7 Å². The van der Waals surface area contributed by atoms with Gasteiger partial charge in [0.25, 0.3) is 0 Å². The smallest absolute Gasteiger partial charge is 0.326 e. The first kappa shape index (κ1) is 22.1. The SMILES string of the molecule is O=C(CCN1C(=O)C2CCCCC2C1=O)Nc1cc(C(F)(F)F)cc(C(F)(F)F)c1. The fourth-order valence-corrected chi connectivity index (χ4v) is 3.92. The fraction of sp³-hybridized carbons (Fsp3) is 0.526. The summed E-state index contributed by atoms with van der Waals surface area (Å²) < 4.78 is 77.4. The number of likely N-dealkylation sites (tertiary alicyclic amines) is 1. The van der Waals surface area contributed by atoms with Crippen LogP contribution in [-0.4, -0.2) is 29.2 Å². The third-order valence-electron chi connectivity index (χ3n) is 5.37. The van der Waals surface area contributed by atoms with Crippen molar-refractivity contribution in [2.45, 2.75) is 44.5 Å². The maximum Gasteiger partial charge on any atom is 0.416 e. The van der Waals surface area contributed by atoms with Gasteiger partial charge in [0.1, 0.15) is 0 Å². The molecule has 2 aliphatic rings. The first-order valence-electron chi connectivity index (χ1n) is 9.32. The van der Waals surface area contributed by atoms with Gasteiger partial charge in [-0.3, -0.25) is 19.3 Å². The summed E-state index contributed by atoms with van der Waals surface area (Å²) in [6.45, 7) is -0.276. The van der Waals surface area contributed by atoms with Crippen molar-refractivity contribution < 1.29 is 40.7 Å². The molecule has 3 rings (SSSR count). The van der Waals surface area contributed by atoms with Crippen LogP contribution in [0.5, 0.6) is 0 Å². The molecular formula is C19H18F6N2O3. The molecule has 0 bridgehead atoms. The molecule has 1 aliphatic heterocycles. The highest BCUT2D eigenvalue weighted by molar-refractivity contribution is 6.05. The molecule has 1 N–H and O–H groups in total. The van der Waals surface area contributed by atoms with Crippen LogP contribution in [-0.2, 0) is 26.7 Å². The van der Waals surface area contributed by atoms with E-state index < -0.39 is 53.3 Å². The van der Waals surface area contributed by atoms with Gasteiger partial charge in [0.05, 0.1) is 23.0 Å². The van der Waals surface area contributed by atoms with Gasteiger partial charge in [0.15, 0.2) is 0 Å². The standard InChI is InChI=1S/C19H18F6N2O3/c20-18(21,22)10-7-11(19(23,24)25)9-12(8-10)26-15(28)5-6-27-16(29)13-3-1-2-4-14(13)17(27)30/h7-9,13-14H,1-6H2,(H,26,28). The van der Waals surface area contributed by atoms with Crippen LogP contribution in [0, 0.1) is 11.8 Å². The number of hydrogen-bond acceptors (Lipinski definition) is 3. The molecule has 1 saturated carbocycles. The first-order valence-corrected chi connectivity index (χ1v) is 9.32. The van der Waals surface area contributed by atoms with Crippen molar-refractivity contribution in [3.8, 4) is 0 Å². The molecule has 2 unspecified atom stereocenters. The zero-order valence-corrected chi connectivity index (χ0v) is 15.6. The van der Waals surface area contributed by atoms with Crippen LogP contribution in [0.2, 0.25) is 0 Å². The molecular weight excluding hydrogens is 418 g/mol. The van der Waals surface area contributed by atoms with E-state index in [0.29, 0.717) is 25.0 Å². The summed E-state index contributed by atoms with van der Waals surface area (Å²) >= 11 is 0. The Hall–Kier alpha value is -2.59. The highest BCUT2D eigenvalue weighted by Gasteiger charge is 2.47. The van der Waals surface area contributed by atoms with Gasteiger partial charge in [0, 0.05) is 18.7 Å². The number of halogens is 6. The lowest BCUT2D eigenvalue weighted by Gasteiger charge is -2.19. The molecule has 5 nitrogen and oxygen atoms in total. The summed E-state index contributed by atoms with van der Waals surface area (Å²) in [5.74, 6) is -2.48. The Morgan fingerprint density at radius 3 is 1.80 bits per heavy atom.